The van der Waals surface area contributed by atoms with Crippen LogP contribution in [0.5, 0.6) is 0 Å². The minimum Gasteiger partial charge on any atom is -0.444 e. The summed E-state index contributed by atoms with van der Waals surface area (Å²) in [6.45, 7) is 6.60. The lowest BCUT2D eigenvalue weighted by Crippen LogP contribution is -2.48. The summed E-state index contributed by atoms with van der Waals surface area (Å²) in [5, 5.41) is 7.08. The fourth-order valence-electron chi connectivity index (χ4n) is 3.41. The lowest BCUT2D eigenvalue weighted by Gasteiger charge is -2.33. The number of carbonyl (C=O) groups is 2. The van der Waals surface area contributed by atoms with Crippen LogP contribution in [0.25, 0.3) is 0 Å². The quantitative estimate of drug-likeness (QED) is 0.409. The Bertz CT molecular complexity index is 1060. The second kappa shape index (κ2) is 12.7. The maximum Gasteiger partial charge on any atom is 0.431 e. The molecule has 0 spiro atoms. The number of pyridine rings is 1. The van der Waals surface area contributed by atoms with E-state index in [9.17, 15) is 31.2 Å². The van der Waals surface area contributed by atoms with Crippen molar-refractivity contribution in [3.05, 3.63) is 24.4 Å². The van der Waals surface area contributed by atoms with Crippen LogP contribution in [-0.2, 0) is 19.6 Å². The summed E-state index contributed by atoms with van der Waals surface area (Å²) in [7, 11) is -4.03. The zero-order chi connectivity index (χ0) is 27.9. The first-order chi connectivity index (χ1) is 17.1. The lowest BCUT2D eigenvalue weighted by atomic mass is 9.89. The highest BCUT2D eigenvalue weighted by molar-refractivity contribution is 7.89. The van der Waals surface area contributed by atoms with E-state index in [0.717, 1.165) is 6.42 Å². The molecule has 1 aromatic heterocycles. The molecule has 14 heteroatoms. The highest BCUT2D eigenvalue weighted by Gasteiger charge is 2.40. The van der Waals surface area contributed by atoms with Crippen LogP contribution in [0.1, 0.15) is 53.4 Å². The van der Waals surface area contributed by atoms with Crippen LogP contribution in [0.4, 0.5) is 18.0 Å². The van der Waals surface area contributed by atoms with Crippen LogP contribution in [-0.4, -0.2) is 74.0 Å². The molecule has 0 aromatic carbocycles. The van der Waals surface area contributed by atoms with Gasteiger partial charge in [0, 0.05) is 24.6 Å². The molecule has 0 saturated heterocycles. The van der Waals surface area contributed by atoms with Gasteiger partial charge in [-0.15, -0.1) is 0 Å². The molecular formula is C23H34F3N5O5S. The number of nitrogens with one attached hydrogen (secondary N) is 2. The van der Waals surface area contributed by atoms with E-state index >= 15 is 0 Å². The van der Waals surface area contributed by atoms with Crippen molar-refractivity contribution in [1.29, 1.82) is 0 Å². The van der Waals surface area contributed by atoms with Crippen molar-refractivity contribution >= 4 is 27.6 Å². The third-order valence-corrected chi connectivity index (χ3v) is 6.98. The lowest BCUT2D eigenvalue weighted by molar-refractivity contribution is -0.120. The predicted molar refractivity (Wildman–Crippen MR) is 130 cm³/mol. The number of nitrogens with zero attached hydrogens (tertiary/aromatic N) is 3. The SMILES string of the molecule is CCCC[C@H](NC(=O)O[C@H](CN1CCC(C(F)(F)F)=N1)C(C)(C)C)C(=O)CNS(=O)(=O)c1ccccn1. The van der Waals surface area contributed by atoms with E-state index in [1.165, 1.54) is 23.3 Å². The number of rotatable bonds is 12. The highest BCUT2D eigenvalue weighted by atomic mass is 32.2. The fourth-order valence-corrected chi connectivity index (χ4v) is 4.35. The molecular weight excluding hydrogens is 515 g/mol. The predicted octanol–water partition coefficient (Wildman–Crippen LogP) is 3.25. The molecule has 1 aliphatic rings. The number of carbonyl (C=O) groups excluding carboxylic acids is 2. The van der Waals surface area contributed by atoms with Gasteiger partial charge in [0.25, 0.3) is 10.0 Å². The second-order valence-electron chi connectivity index (χ2n) is 9.77. The first kappa shape index (κ1) is 30.5. The van der Waals surface area contributed by atoms with E-state index in [-0.39, 0.29) is 31.0 Å². The molecule has 2 heterocycles. The van der Waals surface area contributed by atoms with Gasteiger partial charge in [-0.25, -0.2) is 22.9 Å². The van der Waals surface area contributed by atoms with E-state index in [4.69, 9.17) is 4.74 Å². The van der Waals surface area contributed by atoms with Gasteiger partial charge in [0.2, 0.25) is 0 Å². The fraction of sp³-hybridized carbons (Fsp3) is 0.652. The smallest absolute Gasteiger partial charge is 0.431 e. The average Bonchev–Trinajstić information content (AvgIpc) is 3.29. The zero-order valence-electron chi connectivity index (χ0n) is 21.3. The number of hydrogen-bond donors (Lipinski definition) is 2. The zero-order valence-corrected chi connectivity index (χ0v) is 22.2. The topological polar surface area (TPSA) is 130 Å². The number of alkyl halides is 3. The molecule has 0 unspecified atom stereocenters. The number of sulfonamides is 1. The van der Waals surface area contributed by atoms with Gasteiger partial charge in [-0.1, -0.05) is 46.6 Å². The Morgan fingerprint density at radius 3 is 2.46 bits per heavy atom. The van der Waals surface area contributed by atoms with Gasteiger partial charge in [0.1, 0.15) is 11.8 Å². The molecule has 1 amide bonds. The molecule has 10 nitrogen and oxygen atoms in total. The van der Waals surface area contributed by atoms with Crippen molar-refractivity contribution in [1.82, 2.24) is 20.0 Å². The molecule has 2 N–H and O–H groups in total. The number of unbranched alkanes of at least 4 members (excludes halogenated alkanes) is 1. The van der Waals surface area contributed by atoms with Crippen molar-refractivity contribution < 1.29 is 35.9 Å². The summed E-state index contributed by atoms with van der Waals surface area (Å²) in [5.41, 5.74) is -1.53. The summed E-state index contributed by atoms with van der Waals surface area (Å²) < 4.78 is 71.3. The summed E-state index contributed by atoms with van der Waals surface area (Å²) in [6, 6.07) is 3.30. The second-order valence-corrected chi connectivity index (χ2v) is 11.5. The highest BCUT2D eigenvalue weighted by Crippen LogP contribution is 2.28. The Kier molecular flexibility index (Phi) is 10.4. The van der Waals surface area contributed by atoms with Crippen molar-refractivity contribution in [2.75, 3.05) is 19.6 Å². The van der Waals surface area contributed by atoms with Crippen LogP contribution in [0.3, 0.4) is 0 Å². The molecule has 2 rings (SSSR count). The van der Waals surface area contributed by atoms with Crippen molar-refractivity contribution in [2.24, 2.45) is 10.5 Å². The Morgan fingerprint density at radius 1 is 1.22 bits per heavy atom. The number of amides is 1. The summed E-state index contributed by atoms with van der Waals surface area (Å²) in [5.74, 6) is -0.573. The van der Waals surface area contributed by atoms with E-state index < -0.39 is 57.9 Å². The number of hydrogen-bond acceptors (Lipinski definition) is 8. The molecule has 208 valence electrons. The first-order valence-electron chi connectivity index (χ1n) is 11.9. The Labute approximate surface area is 215 Å². The average molecular weight is 550 g/mol. The number of hydrazone groups is 1. The van der Waals surface area contributed by atoms with Crippen molar-refractivity contribution in [2.45, 2.75) is 76.7 Å². The summed E-state index contributed by atoms with van der Waals surface area (Å²) in [4.78, 5) is 29.3. The Balaban J connectivity index is 2.04. The normalized spacial score (nSPS) is 16.2. The van der Waals surface area contributed by atoms with E-state index in [2.05, 4.69) is 20.1 Å². The van der Waals surface area contributed by atoms with Gasteiger partial charge < -0.3 is 10.1 Å². The summed E-state index contributed by atoms with van der Waals surface area (Å²) in [6.07, 6.45) is -3.69. The van der Waals surface area contributed by atoms with Crippen LogP contribution >= 0.6 is 0 Å². The standard InChI is InChI=1S/C23H34F3N5O5S/c1-5-6-9-16(17(32)14-28-37(34,35)20-10-7-8-12-27-20)29-21(33)36-19(22(2,3)4)15-31-13-11-18(30-31)23(24,25)26/h7-8,10,12,16,19,28H,5-6,9,11,13-15H2,1-4H3,(H,29,33)/t16-,19+/m0/s1. The molecule has 1 aromatic rings. The third kappa shape index (κ3) is 9.58. The monoisotopic (exact) mass is 549 g/mol. The van der Waals surface area contributed by atoms with Crippen molar-refractivity contribution in [3.63, 3.8) is 0 Å². The maximum absolute atomic E-state index is 12.9. The van der Waals surface area contributed by atoms with Gasteiger partial charge in [0.15, 0.2) is 10.8 Å². The largest absolute Gasteiger partial charge is 0.444 e. The Morgan fingerprint density at radius 2 is 1.92 bits per heavy atom. The van der Waals surface area contributed by atoms with Gasteiger partial charge in [-0.05, 0) is 18.6 Å². The molecule has 37 heavy (non-hydrogen) atoms. The maximum atomic E-state index is 12.9. The molecule has 0 aliphatic carbocycles. The van der Waals surface area contributed by atoms with Crippen LogP contribution in [0.2, 0.25) is 0 Å². The van der Waals surface area contributed by atoms with E-state index in [1.807, 2.05) is 6.92 Å². The number of Topliss-reactive ketones (excluding diaryl/α,β-unsaturated/α-hetero) is 1. The van der Waals surface area contributed by atoms with E-state index in [1.54, 1.807) is 26.8 Å². The molecule has 0 saturated carbocycles. The van der Waals surface area contributed by atoms with Crippen LogP contribution in [0, 0.1) is 5.41 Å². The minimum atomic E-state index is -4.52. The van der Waals surface area contributed by atoms with E-state index in [0.29, 0.717) is 6.42 Å². The molecule has 0 bridgehead atoms. The number of ketones is 1. The van der Waals surface area contributed by atoms with Crippen LogP contribution < -0.4 is 10.0 Å². The molecule has 0 fully saturated rings. The third-order valence-electron chi connectivity index (χ3n) is 5.66. The first-order valence-corrected chi connectivity index (χ1v) is 13.4. The number of halogens is 3. The number of aromatic nitrogens is 1. The minimum absolute atomic E-state index is 0.0421. The van der Waals surface area contributed by atoms with Gasteiger partial charge >= 0.3 is 12.3 Å². The van der Waals surface area contributed by atoms with Crippen LogP contribution in [0.15, 0.2) is 34.5 Å². The Hall–Kier alpha value is -2.74. The van der Waals surface area contributed by atoms with Gasteiger partial charge in [0.05, 0.1) is 19.1 Å². The number of ether oxygens (including phenoxy) is 1. The number of alkyl carbamates (subject to hydrolysis) is 1. The van der Waals surface area contributed by atoms with Crippen molar-refractivity contribution in [3.8, 4) is 0 Å². The molecule has 2 atom stereocenters. The molecule has 1 aliphatic heterocycles. The van der Waals surface area contributed by atoms with Gasteiger partial charge in [-0.3, -0.25) is 9.80 Å². The van der Waals surface area contributed by atoms with Gasteiger partial charge in [-0.2, -0.15) is 18.3 Å². The molecule has 0 radical (unpaired) electrons. The summed E-state index contributed by atoms with van der Waals surface area (Å²) >= 11 is 0.